The van der Waals surface area contributed by atoms with Gasteiger partial charge in [0, 0.05) is 58.6 Å². The maximum atomic E-state index is 12.9. The molecule has 1 aromatic rings. The van der Waals surface area contributed by atoms with Gasteiger partial charge in [0.25, 0.3) is 0 Å². The summed E-state index contributed by atoms with van der Waals surface area (Å²) in [6.45, 7) is 10.3. The van der Waals surface area contributed by atoms with Gasteiger partial charge >= 0.3 is 0 Å². The van der Waals surface area contributed by atoms with Crippen LogP contribution in [0.25, 0.3) is 0 Å². The lowest BCUT2D eigenvalue weighted by molar-refractivity contribution is -0.142. The number of aromatic nitrogens is 2. The highest BCUT2D eigenvalue weighted by Gasteiger charge is 2.34. The molecule has 156 valence electrons. The minimum Gasteiger partial charge on any atom is -0.378 e. The van der Waals surface area contributed by atoms with Crippen LogP contribution in [0, 0.1) is 12.8 Å². The molecule has 7 heteroatoms. The van der Waals surface area contributed by atoms with E-state index in [-0.39, 0.29) is 5.92 Å². The summed E-state index contributed by atoms with van der Waals surface area (Å²) in [5, 5.41) is 0. The van der Waals surface area contributed by atoms with Crippen molar-refractivity contribution in [1.29, 1.82) is 0 Å². The summed E-state index contributed by atoms with van der Waals surface area (Å²) >= 11 is 0. The molecule has 0 saturated carbocycles. The summed E-state index contributed by atoms with van der Waals surface area (Å²) in [5.74, 6) is 1.62. The van der Waals surface area contributed by atoms with Crippen molar-refractivity contribution in [3.05, 3.63) is 17.7 Å². The molecular weight excluding hydrogens is 354 g/mol. The number of hydrogen-bond donors (Lipinski definition) is 0. The second-order valence-electron chi connectivity index (χ2n) is 8.63. The SMILES string of the molecule is Cc1ncc(CN2CCC(N3CCCC(C(=O)N4CCOCC4)C3)CC2)n1C. The maximum Gasteiger partial charge on any atom is 0.227 e. The number of ether oxygens (including phenoxy) is 1. The zero-order valence-electron chi connectivity index (χ0n) is 17.5. The zero-order chi connectivity index (χ0) is 19.5. The Morgan fingerprint density at radius 1 is 1.14 bits per heavy atom. The van der Waals surface area contributed by atoms with E-state index < -0.39 is 0 Å². The number of aryl methyl sites for hydroxylation is 1. The number of carbonyl (C=O) groups excluding carboxylic acids is 1. The van der Waals surface area contributed by atoms with Crippen molar-refractivity contribution in [2.45, 2.75) is 45.2 Å². The molecule has 0 spiro atoms. The molecule has 0 aromatic carbocycles. The third-order valence-electron chi connectivity index (χ3n) is 6.90. The van der Waals surface area contributed by atoms with E-state index in [1.54, 1.807) is 0 Å². The van der Waals surface area contributed by atoms with Crippen LogP contribution in [0.4, 0.5) is 0 Å². The Kier molecular flexibility index (Phi) is 6.33. The lowest BCUT2D eigenvalue weighted by Gasteiger charge is -2.43. The summed E-state index contributed by atoms with van der Waals surface area (Å²) < 4.78 is 7.59. The van der Waals surface area contributed by atoms with Crippen LogP contribution < -0.4 is 0 Å². The average molecular weight is 390 g/mol. The van der Waals surface area contributed by atoms with Crippen LogP contribution in [0.3, 0.4) is 0 Å². The van der Waals surface area contributed by atoms with Crippen LogP contribution in [0.2, 0.25) is 0 Å². The molecule has 3 aliphatic heterocycles. The first-order valence-electron chi connectivity index (χ1n) is 10.9. The Bertz CT molecular complexity index is 662. The summed E-state index contributed by atoms with van der Waals surface area (Å²) in [4.78, 5) is 24.5. The number of hydrogen-bond acceptors (Lipinski definition) is 5. The Morgan fingerprint density at radius 2 is 1.89 bits per heavy atom. The van der Waals surface area contributed by atoms with E-state index in [9.17, 15) is 4.79 Å². The largest absolute Gasteiger partial charge is 0.378 e. The van der Waals surface area contributed by atoms with Gasteiger partial charge in [0.1, 0.15) is 5.82 Å². The standard InChI is InChI=1S/C21H35N5O2/c1-17-22-14-20(23(17)2)16-24-8-5-19(6-9-24)26-7-3-4-18(15-26)21(27)25-10-12-28-13-11-25/h14,18-19H,3-13,15-16H2,1-2H3. The van der Waals surface area contributed by atoms with Gasteiger partial charge in [-0.15, -0.1) is 0 Å². The average Bonchev–Trinajstić information content (AvgIpc) is 3.06. The molecule has 1 aromatic heterocycles. The van der Waals surface area contributed by atoms with E-state index in [4.69, 9.17) is 4.74 Å². The molecule has 4 rings (SSSR count). The van der Waals surface area contributed by atoms with Crippen molar-refractivity contribution in [2.24, 2.45) is 13.0 Å². The lowest BCUT2D eigenvalue weighted by Crippen LogP contribution is -2.52. The van der Waals surface area contributed by atoms with Crippen molar-refractivity contribution in [3.63, 3.8) is 0 Å². The Labute approximate surface area is 168 Å². The minimum atomic E-state index is 0.183. The van der Waals surface area contributed by atoms with Crippen molar-refractivity contribution in [3.8, 4) is 0 Å². The van der Waals surface area contributed by atoms with E-state index in [2.05, 4.69) is 33.3 Å². The number of morpholine rings is 1. The molecule has 0 bridgehead atoms. The molecule has 28 heavy (non-hydrogen) atoms. The van der Waals surface area contributed by atoms with Gasteiger partial charge < -0.3 is 14.2 Å². The fraction of sp³-hybridized carbons (Fsp3) is 0.810. The highest BCUT2D eigenvalue weighted by molar-refractivity contribution is 5.79. The number of amides is 1. The van der Waals surface area contributed by atoms with Crippen molar-refractivity contribution in [1.82, 2.24) is 24.3 Å². The zero-order valence-corrected chi connectivity index (χ0v) is 17.5. The highest BCUT2D eigenvalue weighted by atomic mass is 16.5. The van der Waals surface area contributed by atoms with Crippen LogP contribution in [0.1, 0.15) is 37.2 Å². The van der Waals surface area contributed by atoms with Gasteiger partial charge in [-0.2, -0.15) is 0 Å². The van der Waals surface area contributed by atoms with E-state index in [0.717, 1.165) is 64.5 Å². The van der Waals surface area contributed by atoms with Crippen molar-refractivity contribution < 1.29 is 9.53 Å². The summed E-state index contributed by atoms with van der Waals surface area (Å²) in [5.41, 5.74) is 1.30. The van der Waals surface area contributed by atoms with Crippen LogP contribution in [0.15, 0.2) is 6.20 Å². The van der Waals surface area contributed by atoms with Crippen LogP contribution in [0.5, 0.6) is 0 Å². The predicted octanol–water partition coefficient (Wildman–Crippen LogP) is 1.26. The second kappa shape index (κ2) is 8.93. The predicted molar refractivity (Wildman–Crippen MR) is 108 cm³/mol. The summed E-state index contributed by atoms with van der Waals surface area (Å²) in [6.07, 6.45) is 6.61. The molecule has 1 unspecified atom stereocenters. The maximum absolute atomic E-state index is 12.9. The molecule has 3 aliphatic rings. The van der Waals surface area contributed by atoms with E-state index in [0.29, 0.717) is 25.2 Å². The number of piperidine rings is 2. The fourth-order valence-corrected chi connectivity index (χ4v) is 4.95. The lowest BCUT2D eigenvalue weighted by atomic mass is 9.92. The monoisotopic (exact) mass is 389 g/mol. The molecule has 7 nitrogen and oxygen atoms in total. The van der Waals surface area contributed by atoms with Gasteiger partial charge in [-0.25, -0.2) is 4.98 Å². The number of carbonyl (C=O) groups is 1. The van der Waals surface area contributed by atoms with Crippen molar-refractivity contribution >= 4 is 5.91 Å². The van der Waals surface area contributed by atoms with E-state index in [1.165, 1.54) is 18.5 Å². The number of imidazole rings is 1. The van der Waals surface area contributed by atoms with Gasteiger partial charge in [0.2, 0.25) is 5.91 Å². The Morgan fingerprint density at radius 3 is 2.57 bits per heavy atom. The van der Waals surface area contributed by atoms with Gasteiger partial charge in [0.05, 0.1) is 24.8 Å². The summed E-state index contributed by atoms with van der Waals surface area (Å²) in [6, 6.07) is 0.629. The minimum absolute atomic E-state index is 0.183. The van der Waals surface area contributed by atoms with Crippen LogP contribution in [-0.2, 0) is 23.1 Å². The fourth-order valence-electron chi connectivity index (χ4n) is 4.95. The third kappa shape index (κ3) is 4.42. The van der Waals surface area contributed by atoms with Gasteiger partial charge in [-0.1, -0.05) is 0 Å². The van der Waals surface area contributed by atoms with Crippen molar-refractivity contribution in [2.75, 3.05) is 52.5 Å². The molecule has 1 amide bonds. The van der Waals surface area contributed by atoms with Gasteiger partial charge in [-0.05, 0) is 39.2 Å². The number of rotatable bonds is 4. The van der Waals surface area contributed by atoms with Crippen LogP contribution >= 0.6 is 0 Å². The quantitative estimate of drug-likeness (QED) is 0.776. The molecule has 0 radical (unpaired) electrons. The molecule has 3 saturated heterocycles. The van der Waals surface area contributed by atoms with E-state index in [1.807, 2.05) is 11.1 Å². The molecule has 3 fully saturated rings. The normalized spacial score (nSPS) is 25.9. The third-order valence-corrected chi connectivity index (χ3v) is 6.90. The first-order chi connectivity index (χ1) is 13.6. The smallest absolute Gasteiger partial charge is 0.227 e. The first-order valence-corrected chi connectivity index (χ1v) is 10.9. The number of likely N-dealkylation sites (tertiary alicyclic amines) is 2. The van der Waals surface area contributed by atoms with Gasteiger partial charge in [0.15, 0.2) is 0 Å². The van der Waals surface area contributed by atoms with Gasteiger partial charge in [-0.3, -0.25) is 14.6 Å². The Balaban J connectivity index is 1.27. The van der Waals surface area contributed by atoms with Crippen LogP contribution in [-0.4, -0.2) is 88.7 Å². The van der Waals surface area contributed by atoms with E-state index >= 15 is 0 Å². The topological polar surface area (TPSA) is 53.8 Å². The molecular formula is C21H35N5O2. The summed E-state index contributed by atoms with van der Waals surface area (Å²) in [7, 11) is 2.10. The molecule has 1 atom stereocenters. The Hall–Kier alpha value is -1.44. The molecule has 4 heterocycles. The first kappa shape index (κ1) is 19.9. The molecule has 0 N–H and O–H groups in total. The highest BCUT2D eigenvalue weighted by Crippen LogP contribution is 2.26. The molecule has 0 aliphatic carbocycles. The number of nitrogens with zero attached hydrogens (tertiary/aromatic N) is 5. The second-order valence-corrected chi connectivity index (χ2v) is 8.63.